The Kier molecular flexibility index (Phi) is 6.37. The highest BCUT2D eigenvalue weighted by Crippen LogP contribution is 2.33. The number of aryl methyl sites for hydroxylation is 1. The second-order valence-electron chi connectivity index (χ2n) is 5.62. The molecule has 0 atom stereocenters. The molecular formula is C18H18ClF3N2O2. The lowest BCUT2D eigenvalue weighted by Gasteiger charge is -2.13. The maximum atomic E-state index is 12.7. The lowest BCUT2D eigenvalue weighted by atomic mass is 10.2. The average molecular weight is 387 g/mol. The number of hydrogen-bond acceptors (Lipinski definition) is 3. The van der Waals surface area contributed by atoms with Crippen LogP contribution in [0.25, 0.3) is 0 Å². The molecule has 0 aromatic heterocycles. The van der Waals surface area contributed by atoms with Crippen LogP contribution in [0.1, 0.15) is 17.5 Å². The van der Waals surface area contributed by atoms with Crippen molar-refractivity contribution in [2.24, 2.45) is 0 Å². The van der Waals surface area contributed by atoms with Crippen molar-refractivity contribution in [2.45, 2.75) is 19.5 Å². The molecule has 2 aromatic rings. The van der Waals surface area contributed by atoms with Gasteiger partial charge in [0.05, 0.1) is 29.1 Å². The highest BCUT2D eigenvalue weighted by atomic mass is 35.5. The number of carbonyl (C=O) groups excluding carboxylic acids is 1. The molecule has 0 saturated carbocycles. The fourth-order valence-electron chi connectivity index (χ4n) is 2.28. The third-order valence-corrected chi connectivity index (χ3v) is 3.92. The van der Waals surface area contributed by atoms with Crippen LogP contribution in [0.15, 0.2) is 36.4 Å². The number of anilines is 2. The number of hydrogen-bond donors (Lipinski definition) is 2. The first-order valence-corrected chi connectivity index (χ1v) is 8.13. The Hall–Kier alpha value is -2.41. The summed E-state index contributed by atoms with van der Waals surface area (Å²) in [6, 6.07) is 8.36. The Bertz CT molecular complexity index is 794. The summed E-state index contributed by atoms with van der Waals surface area (Å²) in [5.74, 6) is 0.224. The van der Waals surface area contributed by atoms with Gasteiger partial charge >= 0.3 is 6.18 Å². The lowest BCUT2D eigenvalue weighted by Crippen LogP contribution is -2.17. The molecule has 0 aliphatic rings. The molecule has 2 N–H and O–H groups in total. The Morgan fingerprint density at radius 3 is 2.54 bits per heavy atom. The third-order valence-electron chi connectivity index (χ3n) is 3.59. The van der Waals surface area contributed by atoms with E-state index in [1.54, 1.807) is 12.1 Å². The molecule has 0 bridgehead atoms. The number of nitrogens with one attached hydrogen (secondary N) is 2. The summed E-state index contributed by atoms with van der Waals surface area (Å²) in [7, 11) is 1.50. The minimum absolute atomic E-state index is 0.0453. The van der Waals surface area contributed by atoms with Crippen LogP contribution in [0.2, 0.25) is 5.02 Å². The molecule has 2 aromatic carbocycles. The summed E-state index contributed by atoms with van der Waals surface area (Å²) in [5.41, 5.74) is 0.811. The van der Waals surface area contributed by atoms with Crippen LogP contribution in [-0.2, 0) is 11.0 Å². The highest BCUT2D eigenvalue weighted by molar-refractivity contribution is 6.33. The van der Waals surface area contributed by atoms with Crippen molar-refractivity contribution in [3.8, 4) is 5.75 Å². The van der Waals surface area contributed by atoms with Gasteiger partial charge in [-0.25, -0.2) is 0 Å². The maximum absolute atomic E-state index is 12.7. The molecule has 0 radical (unpaired) electrons. The molecule has 0 heterocycles. The molecule has 1 amide bonds. The normalized spacial score (nSPS) is 11.2. The topological polar surface area (TPSA) is 50.4 Å². The quantitative estimate of drug-likeness (QED) is 0.724. The van der Waals surface area contributed by atoms with Gasteiger partial charge in [-0.15, -0.1) is 0 Å². The Labute approximate surface area is 154 Å². The molecule has 8 heteroatoms. The van der Waals surface area contributed by atoms with Crippen molar-refractivity contribution in [3.05, 3.63) is 52.5 Å². The number of alkyl halides is 3. The summed E-state index contributed by atoms with van der Waals surface area (Å²) in [4.78, 5) is 12.1. The van der Waals surface area contributed by atoms with Gasteiger partial charge in [-0.2, -0.15) is 13.2 Å². The van der Waals surface area contributed by atoms with Crippen LogP contribution < -0.4 is 15.4 Å². The van der Waals surface area contributed by atoms with Crippen LogP contribution in [0, 0.1) is 6.92 Å². The molecule has 0 aliphatic heterocycles. The number of ether oxygens (including phenoxy) is 1. The average Bonchev–Trinajstić information content (AvgIpc) is 2.55. The fraction of sp³-hybridized carbons (Fsp3) is 0.278. The van der Waals surface area contributed by atoms with Gasteiger partial charge < -0.3 is 15.4 Å². The van der Waals surface area contributed by atoms with Crippen molar-refractivity contribution in [2.75, 3.05) is 24.3 Å². The predicted octanol–water partition coefficient (Wildman–Crippen LogP) is 5.12. The predicted molar refractivity (Wildman–Crippen MR) is 95.9 cm³/mol. The molecule has 140 valence electrons. The number of methoxy groups -OCH3 is 1. The summed E-state index contributed by atoms with van der Waals surface area (Å²) < 4.78 is 43.4. The first-order chi connectivity index (χ1) is 12.2. The van der Waals surface area contributed by atoms with Gasteiger partial charge in [-0.05, 0) is 42.8 Å². The fourth-order valence-corrected chi connectivity index (χ4v) is 2.46. The van der Waals surface area contributed by atoms with Gasteiger partial charge in [-0.1, -0.05) is 17.7 Å². The van der Waals surface area contributed by atoms with Crippen molar-refractivity contribution in [3.63, 3.8) is 0 Å². The molecule has 0 saturated heterocycles. The van der Waals surface area contributed by atoms with Crippen molar-refractivity contribution in [1.82, 2.24) is 0 Å². The standard InChI is InChI=1S/C18H18ClF3N2O2/c1-11-3-6-16(26-2)15(9-11)24-17(25)7-8-23-14-10-12(18(20,21)22)4-5-13(14)19/h3-6,9-10,23H,7-8H2,1-2H3,(H,24,25). The van der Waals surface area contributed by atoms with Gasteiger partial charge in [0.15, 0.2) is 0 Å². The number of rotatable bonds is 6. The summed E-state index contributed by atoms with van der Waals surface area (Å²) in [6.45, 7) is 2.01. The molecule has 0 aliphatic carbocycles. The zero-order valence-corrected chi connectivity index (χ0v) is 15.0. The number of amides is 1. The van der Waals surface area contributed by atoms with Gasteiger partial charge in [0.1, 0.15) is 5.75 Å². The lowest BCUT2D eigenvalue weighted by molar-refractivity contribution is -0.137. The van der Waals surface area contributed by atoms with E-state index in [2.05, 4.69) is 10.6 Å². The second kappa shape index (κ2) is 8.31. The number of carbonyl (C=O) groups is 1. The van der Waals surface area contributed by atoms with E-state index in [1.807, 2.05) is 13.0 Å². The van der Waals surface area contributed by atoms with Crippen LogP contribution in [0.3, 0.4) is 0 Å². The summed E-state index contributed by atoms with van der Waals surface area (Å²) >= 11 is 5.90. The van der Waals surface area contributed by atoms with Crippen molar-refractivity contribution in [1.29, 1.82) is 0 Å². The van der Waals surface area contributed by atoms with Crippen molar-refractivity contribution < 1.29 is 22.7 Å². The Morgan fingerprint density at radius 2 is 1.88 bits per heavy atom. The van der Waals surface area contributed by atoms with E-state index < -0.39 is 11.7 Å². The monoisotopic (exact) mass is 386 g/mol. The Morgan fingerprint density at radius 1 is 1.15 bits per heavy atom. The van der Waals surface area contributed by atoms with Gasteiger partial charge in [-0.3, -0.25) is 4.79 Å². The third kappa shape index (κ3) is 5.29. The minimum atomic E-state index is -4.46. The van der Waals surface area contributed by atoms with Gasteiger partial charge in [0.25, 0.3) is 0 Å². The highest BCUT2D eigenvalue weighted by Gasteiger charge is 2.30. The second-order valence-corrected chi connectivity index (χ2v) is 6.03. The van der Waals surface area contributed by atoms with Gasteiger partial charge in [0.2, 0.25) is 5.91 Å². The van der Waals surface area contributed by atoms with Crippen LogP contribution >= 0.6 is 11.6 Å². The molecule has 26 heavy (non-hydrogen) atoms. The van der Waals surface area contributed by atoms with E-state index in [0.717, 1.165) is 17.7 Å². The van der Waals surface area contributed by atoms with Crippen molar-refractivity contribution >= 4 is 28.9 Å². The minimum Gasteiger partial charge on any atom is -0.495 e. The number of benzene rings is 2. The maximum Gasteiger partial charge on any atom is 0.416 e. The van der Waals surface area contributed by atoms with E-state index in [-0.39, 0.29) is 29.6 Å². The van der Waals surface area contributed by atoms with Crippen LogP contribution in [0.4, 0.5) is 24.5 Å². The molecule has 0 fully saturated rings. The zero-order chi connectivity index (χ0) is 19.3. The van der Waals surface area contributed by atoms with E-state index in [9.17, 15) is 18.0 Å². The molecule has 4 nitrogen and oxygen atoms in total. The van der Waals surface area contributed by atoms with E-state index in [1.165, 1.54) is 13.2 Å². The Balaban J connectivity index is 1.96. The molecular weight excluding hydrogens is 369 g/mol. The van der Waals surface area contributed by atoms with Gasteiger partial charge in [0, 0.05) is 13.0 Å². The van der Waals surface area contributed by atoms with E-state index in [4.69, 9.17) is 16.3 Å². The van der Waals surface area contributed by atoms with E-state index >= 15 is 0 Å². The summed E-state index contributed by atoms with van der Waals surface area (Å²) in [6.07, 6.45) is -4.41. The largest absolute Gasteiger partial charge is 0.495 e. The smallest absolute Gasteiger partial charge is 0.416 e. The zero-order valence-electron chi connectivity index (χ0n) is 14.2. The number of halogens is 4. The first kappa shape index (κ1) is 19.9. The molecule has 2 rings (SSSR count). The molecule has 0 spiro atoms. The first-order valence-electron chi connectivity index (χ1n) is 7.76. The van der Waals surface area contributed by atoms with Crippen LogP contribution in [0.5, 0.6) is 5.75 Å². The SMILES string of the molecule is COc1ccc(C)cc1NC(=O)CCNc1cc(C(F)(F)F)ccc1Cl. The molecule has 0 unspecified atom stereocenters. The van der Waals surface area contributed by atoms with Crippen LogP contribution in [-0.4, -0.2) is 19.6 Å². The summed E-state index contributed by atoms with van der Waals surface area (Å²) in [5, 5.41) is 5.63. The van der Waals surface area contributed by atoms with E-state index in [0.29, 0.717) is 11.4 Å².